The van der Waals surface area contributed by atoms with E-state index in [2.05, 4.69) is 10.3 Å². The minimum atomic E-state index is -0.271. The Balaban J connectivity index is 1.53. The third-order valence-corrected chi connectivity index (χ3v) is 3.75. The van der Waals surface area contributed by atoms with E-state index in [1.54, 1.807) is 23.1 Å². The maximum absolute atomic E-state index is 11.9. The van der Waals surface area contributed by atoms with Crippen LogP contribution in [0, 0.1) is 6.92 Å². The smallest absolute Gasteiger partial charge is 0.263 e. The molecule has 1 aliphatic rings. The lowest BCUT2D eigenvalue weighted by atomic mass is 10.3. The van der Waals surface area contributed by atoms with Crippen LogP contribution >= 0.6 is 0 Å². The second kappa shape index (κ2) is 7.12. The molecule has 0 aliphatic carbocycles. The number of carbonyl (C=O) groups is 2. The van der Waals surface area contributed by atoms with Gasteiger partial charge in [-0.25, -0.2) is 4.98 Å². The molecule has 0 saturated carbocycles. The Kier molecular flexibility index (Phi) is 4.74. The average Bonchev–Trinajstić information content (AvgIpc) is 2.99. The van der Waals surface area contributed by atoms with Crippen molar-refractivity contribution in [2.75, 3.05) is 23.4 Å². The van der Waals surface area contributed by atoms with Crippen LogP contribution in [-0.4, -0.2) is 29.9 Å². The molecule has 2 amide bonds. The first-order valence-electron chi connectivity index (χ1n) is 7.88. The van der Waals surface area contributed by atoms with Crippen LogP contribution in [0.3, 0.4) is 0 Å². The second-order valence-corrected chi connectivity index (χ2v) is 5.64. The van der Waals surface area contributed by atoms with Gasteiger partial charge in [0.25, 0.3) is 5.91 Å². The fourth-order valence-corrected chi connectivity index (χ4v) is 2.58. The van der Waals surface area contributed by atoms with E-state index < -0.39 is 0 Å². The molecule has 1 fully saturated rings. The van der Waals surface area contributed by atoms with Crippen LogP contribution in [0.25, 0.3) is 0 Å². The Hall–Kier alpha value is -2.89. The number of aryl methyl sites for hydroxylation is 1. The normalized spacial score (nSPS) is 13.9. The summed E-state index contributed by atoms with van der Waals surface area (Å²) in [5.74, 6) is 0.963. The van der Waals surface area contributed by atoms with Crippen molar-refractivity contribution < 1.29 is 14.3 Å². The largest absolute Gasteiger partial charge is 0.484 e. The fourth-order valence-electron chi connectivity index (χ4n) is 2.58. The lowest BCUT2D eigenvalue weighted by Gasteiger charge is -2.16. The lowest BCUT2D eigenvalue weighted by Crippen LogP contribution is -2.23. The van der Waals surface area contributed by atoms with Gasteiger partial charge < -0.3 is 15.0 Å². The van der Waals surface area contributed by atoms with E-state index in [-0.39, 0.29) is 18.4 Å². The summed E-state index contributed by atoms with van der Waals surface area (Å²) in [6, 6.07) is 12.6. The standard InChI is InChI=1S/C18H19N3O3/c1-13-4-2-5-16(19-13)20-17(22)12-24-15-9-7-14(8-10-15)21-11-3-6-18(21)23/h2,4-5,7-10H,3,6,11-12H2,1H3,(H,19,20,22). The number of nitrogens with one attached hydrogen (secondary N) is 1. The van der Waals surface area contributed by atoms with Crippen molar-refractivity contribution in [2.45, 2.75) is 19.8 Å². The average molecular weight is 325 g/mol. The van der Waals surface area contributed by atoms with Crippen LogP contribution in [-0.2, 0) is 9.59 Å². The number of amides is 2. The first kappa shape index (κ1) is 16.0. The predicted octanol–water partition coefficient (Wildman–Crippen LogP) is 2.53. The molecule has 0 bridgehead atoms. The SMILES string of the molecule is Cc1cccc(NC(=O)COc2ccc(N3CCCC3=O)cc2)n1. The van der Waals surface area contributed by atoms with Crippen molar-refractivity contribution >= 4 is 23.3 Å². The molecule has 1 N–H and O–H groups in total. The van der Waals surface area contributed by atoms with Gasteiger partial charge in [-0.2, -0.15) is 0 Å². The van der Waals surface area contributed by atoms with Crippen molar-refractivity contribution in [1.29, 1.82) is 0 Å². The zero-order valence-corrected chi connectivity index (χ0v) is 13.5. The van der Waals surface area contributed by atoms with Crippen molar-refractivity contribution in [1.82, 2.24) is 4.98 Å². The van der Waals surface area contributed by atoms with Crippen LogP contribution in [0.5, 0.6) is 5.75 Å². The van der Waals surface area contributed by atoms with Gasteiger partial charge in [0.1, 0.15) is 11.6 Å². The number of rotatable bonds is 5. The van der Waals surface area contributed by atoms with Crippen LogP contribution in [0.2, 0.25) is 0 Å². The van der Waals surface area contributed by atoms with E-state index in [9.17, 15) is 9.59 Å². The third kappa shape index (κ3) is 3.90. The minimum Gasteiger partial charge on any atom is -0.484 e. The molecule has 1 aromatic carbocycles. The molecule has 124 valence electrons. The highest BCUT2D eigenvalue weighted by atomic mass is 16.5. The summed E-state index contributed by atoms with van der Waals surface area (Å²) in [4.78, 5) is 29.6. The molecule has 6 heteroatoms. The molecule has 2 heterocycles. The van der Waals surface area contributed by atoms with Crippen molar-refractivity contribution in [2.24, 2.45) is 0 Å². The van der Waals surface area contributed by atoms with E-state index in [4.69, 9.17) is 4.74 Å². The second-order valence-electron chi connectivity index (χ2n) is 5.64. The van der Waals surface area contributed by atoms with E-state index in [1.807, 2.05) is 31.2 Å². The van der Waals surface area contributed by atoms with Gasteiger partial charge in [-0.3, -0.25) is 9.59 Å². The number of aromatic nitrogens is 1. The van der Waals surface area contributed by atoms with Gasteiger partial charge in [0.05, 0.1) is 0 Å². The maximum Gasteiger partial charge on any atom is 0.263 e. The Morgan fingerprint density at radius 1 is 1.25 bits per heavy atom. The quantitative estimate of drug-likeness (QED) is 0.917. The van der Waals surface area contributed by atoms with Crippen molar-refractivity contribution in [3.05, 3.63) is 48.2 Å². The van der Waals surface area contributed by atoms with E-state index in [0.29, 0.717) is 18.0 Å². The number of pyridine rings is 1. The molecule has 0 radical (unpaired) electrons. The highest BCUT2D eigenvalue weighted by Gasteiger charge is 2.21. The van der Waals surface area contributed by atoms with Gasteiger partial charge in [-0.05, 0) is 49.7 Å². The van der Waals surface area contributed by atoms with Crippen molar-refractivity contribution in [3.8, 4) is 5.75 Å². The zero-order chi connectivity index (χ0) is 16.9. The van der Waals surface area contributed by atoms with Gasteiger partial charge in [-0.15, -0.1) is 0 Å². The van der Waals surface area contributed by atoms with E-state index in [1.165, 1.54) is 0 Å². The zero-order valence-electron chi connectivity index (χ0n) is 13.5. The summed E-state index contributed by atoms with van der Waals surface area (Å²) < 4.78 is 5.47. The monoisotopic (exact) mass is 325 g/mol. The molecule has 2 aromatic rings. The molecular weight excluding hydrogens is 306 g/mol. The van der Waals surface area contributed by atoms with Crippen LogP contribution in [0.4, 0.5) is 11.5 Å². The molecule has 0 atom stereocenters. The van der Waals surface area contributed by atoms with Crippen LogP contribution in [0.1, 0.15) is 18.5 Å². The number of anilines is 2. The summed E-state index contributed by atoms with van der Waals surface area (Å²) >= 11 is 0. The summed E-state index contributed by atoms with van der Waals surface area (Å²) in [5, 5.41) is 2.69. The molecule has 0 spiro atoms. The molecule has 3 rings (SSSR count). The highest BCUT2D eigenvalue weighted by Crippen LogP contribution is 2.23. The molecule has 1 aromatic heterocycles. The highest BCUT2D eigenvalue weighted by molar-refractivity contribution is 5.95. The summed E-state index contributed by atoms with van der Waals surface area (Å²) in [6.07, 6.45) is 1.50. The number of benzene rings is 1. The lowest BCUT2D eigenvalue weighted by molar-refractivity contribution is -0.118. The summed E-state index contributed by atoms with van der Waals surface area (Å²) in [6.45, 7) is 2.52. The molecule has 1 saturated heterocycles. The predicted molar refractivity (Wildman–Crippen MR) is 91.1 cm³/mol. The van der Waals surface area contributed by atoms with Gasteiger partial charge >= 0.3 is 0 Å². The number of nitrogens with zero attached hydrogens (tertiary/aromatic N) is 2. The Morgan fingerprint density at radius 2 is 2.04 bits per heavy atom. The van der Waals surface area contributed by atoms with Gasteiger partial charge in [-0.1, -0.05) is 6.07 Å². The van der Waals surface area contributed by atoms with Gasteiger partial charge in [0.2, 0.25) is 5.91 Å². The first-order chi connectivity index (χ1) is 11.6. The molecule has 0 unspecified atom stereocenters. The minimum absolute atomic E-state index is 0.0996. The summed E-state index contributed by atoms with van der Waals surface area (Å²) in [7, 11) is 0. The third-order valence-electron chi connectivity index (χ3n) is 3.75. The van der Waals surface area contributed by atoms with Crippen LogP contribution in [0.15, 0.2) is 42.5 Å². The fraction of sp³-hybridized carbons (Fsp3) is 0.278. The molecular formula is C18H19N3O3. The molecule has 24 heavy (non-hydrogen) atoms. The van der Waals surface area contributed by atoms with E-state index in [0.717, 1.165) is 24.3 Å². The maximum atomic E-state index is 11.9. The Labute approximate surface area is 140 Å². The van der Waals surface area contributed by atoms with Gasteiger partial charge in [0, 0.05) is 24.3 Å². The van der Waals surface area contributed by atoms with Gasteiger partial charge in [0.15, 0.2) is 6.61 Å². The number of hydrogen-bond donors (Lipinski definition) is 1. The Bertz CT molecular complexity index is 743. The number of ether oxygens (including phenoxy) is 1. The molecule has 6 nitrogen and oxygen atoms in total. The van der Waals surface area contributed by atoms with E-state index >= 15 is 0 Å². The number of carbonyl (C=O) groups excluding carboxylic acids is 2. The first-order valence-corrected chi connectivity index (χ1v) is 7.88. The van der Waals surface area contributed by atoms with Crippen LogP contribution < -0.4 is 15.0 Å². The molecule has 1 aliphatic heterocycles. The Morgan fingerprint density at radius 3 is 2.71 bits per heavy atom. The number of hydrogen-bond acceptors (Lipinski definition) is 4. The topological polar surface area (TPSA) is 71.5 Å². The summed E-state index contributed by atoms with van der Waals surface area (Å²) in [5.41, 5.74) is 1.69. The van der Waals surface area contributed by atoms with Crippen molar-refractivity contribution in [3.63, 3.8) is 0 Å².